The fraction of sp³-hybridized carbons (Fsp3) is 0.300. The number of nitrogens with zero attached hydrogens (tertiary/aromatic N) is 1. The molecule has 136 valence electrons. The average Bonchev–Trinajstić information content (AvgIpc) is 3.46. The maximum absolute atomic E-state index is 12.3. The standard InChI is InChI=1S/C20H22N2O4/c1-14(23)22(15-11-12-15)17-8-4-3-7-16(17)21-20(24)13-26-19-10-6-5-9-18(19)25-2/h3-10,15H,11-13H2,1-2H3,(H,21,24). The second-order valence-corrected chi connectivity index (χ2v) is 6.13. The molecule has 3 rings (SSSR count). The summed E-state index contributed by atoms with van der Waals surface area (Å²) >= 11 is 0. The number of para-hydroxylation sites is 4. The van der Waals surface area contributed by atoms with E-state index in [1.165, 1.54) is 0 Å². The third-order valence-corrected chi connectivity index (χ3v) is 4.12. The van der Waals surface area contributed by atoms with Crippen molar-refractivity contribution in [1.29, 1.82) is 0 Å². The Morgan fingerprint density at radius 1 is 1.08 bits per heavy atom. The molecule has 0 aliphatic heterocycles. The first-order chi connectivity index (χ1) is 12.6. The minimum atomic E-state index is -0.303. The van der Waals surface area contributed by atoms with Crippen LogP contribution in [0.25, 0.3) is 0 Å². The lowest BCUT2D eigenvalue weighted by Gasteiger charge is -2.24. The Labute approximate surface area is 152 Å². The van der Waals surface area contributed by atoms with Crippen molar-refractivity contribution in [3.05, 3.63) is 48.5 Å². The molecule has 1 aliphatic carbocycles. The van der Waals surface area contributed by atoms with Gasteiger partial charge in [-0.1, -0.05) is 24.3 Å². The number of anilines is 2. The summed E-state index contributed by atoms with van der Waals surface area (Å²) in [7, 11) is 1.55. The van der Waals surface area contributed by atoms with Gasteiger partial charge in [-0.15, -0.1) is 0 Å². The number of benzene rings is 2. The topological polar surface area (TPSA) is 67.9 Å². The lowest BCUT2D eigenvalue weighted by atomic mass is 10.2. The summed E-state index contributed by atoms with van der Waals surface area (Å²) in [5.41, 5.74) is 1.32. The zero-order valence-corrected chi connectivity index (χ0v) is 14.9. The van der Waals surface area contributed by atoms with Gasteiger partial charge >= 0.3 is 0 Å². The molecule has 2 amide bonds. The highest BCUT2D eigenvalue weighted by Gasteiger charge is 2.33. The van der Waals surface area contributed by atoms with Crippen molar-refractivity contribution in [3.63, 3.8) is 0 Å². The van der Waals surface area contributed by atoms with Crippen LogP contribution in [-0.2, 0) is 9.59 Å². The van der Waals surface area contributed by atoms with Crippen molar-refractivity contribution in [2.75, 3.05) is 23.9 Å². The van der Waals surface area contributed by atoms with Crippen LogP contribution in [0.1, 0.15) is 19.8 Å². The molecule has 0 saturated heterocycles. The number of carbonyl (C=O) groups is 2. The smallest absolute Gasteiger partial charge is 0.262 e. The van der Waals surface area contributed by atoms with Crippen molar-refractivity contribution in [2.45, 2.75) is 25.8 Å². The van der Waals surface area contributed by atoms with Gasteiger partial charge in [-0.3, -0.25) is 9.59 Å². The molecule has 6 nitrogen and oxygen atoms in total. The molecule has 2 aromatic rings. The van der Waals surface area contributed by atoms with E-state index in [4.69, 9.17) is 9.47 Å². The molecular formula is C20H22N2O4. The zero-order valence-electron chi connectivity index (χ0n) is 14.9. The number of nitrogens with one attached hydrogen (secondary N) is 1. The second kappa shape index (κ2) is 7.91. The maximum Gasteiger partial charge on any atom is 0.262 e. The lowest BCUT2D eigenvalue weighted by molar-refractivity contribution is -0.118. The number of amides is 2. The molecule has 0 atom stereocenters. The van der Waals surface area contributed by atoms with E-state index in [9.17, 15) is 9.59 Å². The van der Waals surface area contributed by atoms with Crippen molar-refractivity contribution in [1.82, 2.24) is 0 Å². The molecule has 26 heavy (non-hydrogen) atoms. The van der Waals surface area contributed by atoms with Crippen LogP contribution >= 0.6 is 0 Å². The molecule has 0 unspecified atom stereocenters. The number of ether oxygens (including phenoxy) is 2. The largest absolute Gasteiger partial charge is 0.493 e. The molecule has 0 spiro atoms. The van der Waals surface area contributed by atoms with E-state index in [0.29, 0.717) is 22.9 Å². The van der Waals surface area contributed by atoms with Crippen LogP contribution in [0.3, 0.4) is 0 Å². The molecule has 0 bridgehead atoms. The van der Waals surface area contributed by atoms with Gasteiger partial charge in [-0.05, 0) is 37.1 Å². The first kappa shape index (κ1) is 17.8. The number of rotatable bonds is 7. The molecule has 1 fully saturated rings. The van der Waals surface area contributed by atoms with Gasteiger partial charge in [0.1, 0.15) is 0 Å². The minimum Gasteiger partial charge on any atom is -0.493 e. The summed E-state index contributed by atoms with van der Waals surface area (Å²) in [5, 5.41) is 2.84. The zero-order chi connectivity index (χ0) is 18.5. The minimum absolute atomic E-state index is 0.0283. The molecule has 1 N–H and O–H groups in total. The fourth-order valence-corrected chi connectivity index (χ4v) is 2.81. The monoisotopic (exact) mass is 354 g/mol. The Hall–Kier alpha value is -3.02. The van der Waals surface area contributed by atoms with Gasteiger partial charge in [0, 0.05) is 13.0 Å². The molecule has 0 heterocycles. The molecule has 1 saturated carbocycles. The predicted octanol–water partition coefficient (Wildman–Crippen LogP) is 3.23. The van der Waals surface area contributed by atoms with E-state index in [2.05, 4.69) is 5.32 Å². The van der Waals surface area contributed by atoms with E-state index >= 15 is 0 Å². The van der Waals surface area contributed by atoms with Crippen molar-refractivity contribution < 1.29 is 19.1 Å². The highest BCUT2D eigenvalue weighted by molar-refractivity contribution is 6.01. The van der Waals surface area contributed by atoms with E-state index in [1.54, 1.807) is 37.1 Å². The first-order valence-electron chi connectivity index (χ1n) is 8.54. The third-order valence-electron chi connectivity index (χ3n) is 4.12. The van der Waals surface area contributed by atoms with E-state index < -0.39 is 0 Å². The van der Waals surface area contributed by atoms with Gasteiger partial charge < -0.3 is 19.7 Å². The normalized spacial score (nSPS) is 13.0. The lowest BCUT2D eigenvalue weighted by Crippen LogP contribution is -2.32. The Balaban J connectivity index is 1.69. The highest BCUT2D eigenvalue weighted by Crippen LogP contribution is 2.36. The van der Waals surface area contributed by atoms with Crippen LogP contribution in [0.4, 0.5) is 11.4 Å². The van der Waals surface area contributed by atoms with Crippen LogP contribution in [0.2, 0.25) is 0 Å². The summed E-state index contributed by atoms with van der Waals surface area (Å²) in [6.45, 7) is 1.39. The number of hydrogen-bond donors (Lipinski definition) is 1. The SMILES string of the molecule is COc1ccccc1OCC(=O)Nc1ccccc1N(C(C)=O)C1CC1. The van der Waals surface area contributed by atoms with Crippen LogP contribution in [0.15, 0.2) is 48.5 Å². The van der Waals surface area contributed by atoms with Gasteiger partial charge in [-0.2, -0.15) is 0 Å². The van der Waals surface area contributed by atoms with Gasteiger partial charge in [0.05, 0.1) is 18.5 Å². The van der Waals surface area contributed by atoms with E-state index in [0.717, 1.165) is 12.8 Å². The van der Waals surface area contributed by atoms with Crippen LogP contribution < -0.4 is 19.7 Å². The summed E-state index contributed by atoms with van der Waals surface area (Å²) in [5.74, 6) is 0.737. The fourth-order valence-electron chi connectivity index (χ4n) is 2.81. The van der Waals surface area contributed by atoms with Gasteiger partial charge in [0.2, 0.25) is 5.91 Å². The van der Waals surface area contributed by atoms with Crippen molar-refractivity contribution >= 4 is 23.2 Å². The van der Waals surface area contributed by atoms with Gasteiger partial charge in [-0.25, -0.2) is 0 Å². The summed E-state index contributed by atoms with van der Waals surface area (Å²) in [6, 6.07) is 14.7. The average molecular weight is 354 g/mol. The molecule has 2 aromatic carbocycles. The summed E-state index contributed by atoms with van der Waals surface area (Å²) < 4.78 is 10.8. The second-order valence-electron chi connectivity index (χ2n) is 6.13. The predicted molar refractivity (Wildman–Crippen MR) is 99.7 cm³/mol. The maximum atomic E-state index is 12.3. The molecule has 0 radical (unpaired) electrons. The molecular weight excluding hydrogens is 332 g/mol. The number of methoxy groups -OCH3 is 1. The highest BCUT2D eigenvalue weighted by atomic mass is 16.5. The molecule has 6 heteroatoms. The van der Waals surface area contributed by atoms with Crippen molar-refractivity contribution in [2.24, 2.45) is 0 Å². The Morgan fingerprint density at radius 2 is 1.73 bits per heavy atom. The van der Waals surface area contributed by atoms with Gasteiger partial charge in [0.15, 0.2) is 18.1 Å². The van der Waals surface area contributed by atoms with Crippen LogP contribution in [0.5, 0.6) is 11.5 Å². The molecule has 1 aliphatic rings. The first-order valence-corrected chi connectivity index (χ1v) is 8.54. The summed E-state index contributed by atoms with van der Waals surface area (Å²) in [6.07, 6.45) is 1.97. The van der Waals surface area contributed by atoms with E-state index in [-0.39, 0.29) is 24.5 Å². The van der Waals surface area contributed by atoms with Gasteiger partial charge in [0.25, 0.3) is 5.91 Å². The Bertz CT molecular complexity index is 802. The number of hydrogen-bond acceptors (Lipinski definition) is 4. The summed E-state index contributed by atoms with van der Waals surface area (Å²) in [4.78, 5) is 26.1. The van der Waals surface area contributed by atoms with Crippen molar-refractivity contribution in [3.8, 4) is 11.5 Å². The quantitative estimate of drug-likeness (QED) is 0.829. The number of carbonyl (C=O) groups excluding carboxylic acids is 2. The Morgan fingerprint density at radius 3 is 2.38 bits per heavy atom. The third kappa shape index (κ3) is 4.14. The van der Waals surface area contributed by atoms with E-state index in [1.807, 2.05) is 30.3 Å². The Kier molecular flexibility index (Phi) is 5.41. The van der Waals surface area contributed by atoms with Crippen LogP contribution in [-0.4, -0.2) is 31.6 Å². The van der Waals surface area contributed by atoms with Crippen LogP contribution in [0, 0.1) is 0 Å². The molecule has 0 aromatic heterocycles.